The van der Waals surface area contributed by atoms with Crippen LogP contribution < -0.4 is 10.6 Å². The van der Waals surface area contributed by atoms with E-state index in [0.717, 1.165) is 38.4 Å². The van der Waals surface area contributed by atoms with Crippen molar-refractivity contribution in [3.63, 3.8) is 0 Å². The predicted octanol–water partition coefficient (Wildman–Crippen LogP) is 2.90. The molecule has 0 unspecified atom stereocenters. The smallest absolute Gasteiger partial charge is 0.0600 e. The fourth-order valence-electron chi connectivity index (χ4n) is 2.95. The summed E-state index contributed by atoms with van der Waals surface area (Å²) < 4.78 is 0. The Balaban J connectivity index is 1.61. The van der Waals surface area contributed by atoms with Gasteiger partial charge in [0.05, 0.1) is 11.4 Å². The summed E-state index contributed by atoms with van der Waals surface area (Å²) in [6.07, 6.45) is 0. The number of nitrogen functional groups attached to an aromatic ring is 1. The lowest BCUT2D eigenvalue weighted by Crippen LogP contribution is -2.46. The third kappa shape index (κ3) is 3.19. The lowest BCUT2D eigenvalue weighted by molar-refractivity contribution is 0.249. The molecule has 0 radical (unpaired) electrons. The Morgan fingerprint density at radius 1 is 0.905 bits per heavy atom. The molecular formula is C18H23N3. The SMILES string of the molecule is Cc1ccccc1CN1CCN(c2ccccc2N)CC1. The Morgan fingerprint density at radius 3 is 2.29 bits per heavy atom. The number of anilines is 2. The second-order valence-corrected chi connectivity index (χ2v) is 5.75. The molecule has 0 spiro atoms. The number of benzene rings is 2. The van der Waals surface area contributed by atoms with Crippen LogP contribution in [-0.2, 0) is 6.54 Å². The van der Waals surface area contributed by atoms with Crippen LogP contribution in [0.3, 0.4) is 0 Å². The van der Waals surface area contributed by atoms with Crippen molar-refractivity contribution in [1.82, 2.24) is 4.90 Å². The maximum atomic E-state index is 6.07. The first kappa shape index (κ1) is 14.0. The normalized spacial score (nSPS) is 16.1. The third-order valence-electron chi connectivity index (χ3n) is 4.30. The van der Waals surface area contributed by atoms with Gasteiger partial charge < -0.3 is 10.6 Å². The number of nitrogens with zero attached hydrogens (tertiary/aromatic N) is 2. The van der Waals surface area contributed by atoms with E-state index in [4.69, 9.17) is 5.73 Å². The molecular weight excluding hydrogens is 258 g/mol. The first-order chi connectivity index (χ1) is 10.2. The molecule has 0 atom stereocenters. The first-order valence-corrected chi connectivity index (χ1v) is 7.60. The summed E-state index contributed by atoms with van der Waals surface area (Å²) in [5, 5.41) is 0. The quantitative estimate of drug-likeness (QED) is 0.878. The topological polar surface area (TPSA) is 32.5 Å². The minimum Gasteiger partial charge on any atom is -0.397 e. The standard InChI is InChI=1S/C18H23N3/c1-15-6-2-3-7-16(15)14-20-10-12-21(13-11-20)18-9-5-4-8-17(18)19/h2-9H,10-14,19H2,1H3. The highest BCUT2D eigenvalue weighted by atomic mass is 15.3. The van der Waals surface area contributed by atoms with Gasteiger partial charge in [-0.05, 0) is 30.2 Å². The molecule has 21 heavy (non-hydrogen) atoms. The molecule has 0 bridgehead atoms. The molecule has 3 heteroatoms. The molecule has 1 aliphatic rings. The number of rotatable bonds is 3. The van der Waals surface area contributed by atoms with Crippen LogP contribution in [0.4, 0.5) is 11.4 Å². The van der Waals surface area contributed by atoms with E-state index >= 15 is 0 Å². The minimum atomic E-state index is 0.879. The average Bonchev–Trinajstić information content (AvgIpc) is 2.51. The molecule has 1 saturated heterocycles. The van der Waals surface area contributed by atoms with Gasteiger partial charge in [-0.15, -0.1) is 0 Å². The van der Waals surface area contributed by atoms with Crippen molar-refractivity contribution in [1.29, 1.82) is 0 Å². The van der Waals surface area contributed by atoms with E-state index in [0.29, 0.717) is 0 Å². The van der Waals surface area contributed by atoms with Crippen LogP contribution in [-0.4, -0.2) is 31.1 Å². The Morgan fingerprint density at radius 2 is 1.57 bits per heavy atom. The lowest BCUT2D eigenvalue weighted by atomic mass is 10.1. The van der Waals surface area contributed by atoms with E-state index in [-0.39, 0.29) is 0 Å². The summed E-state index contributed by atoms with van der Waals surface area (Å²) in [4.78, 5) is 4.92. The number of hydrogen-bond acceptors (Lipinski definition) is 3. The molecule has 3 rings (SSSR count). The molecule has 1 heterocycles. The maximum absolute atomic E-state index is 6.07. The summed E-state index contributed by atoms with van der Waals surface area (Å²) in [5.41, 5.74) is 10.9. The van der Waals surface area contributed by atoms with E-state index in [1.165, 1.54) is 16.8 Å². The summed E-state index contributed by atoms with van der Waals surface area (Å²) in [6, 6.07) is 16.8. The van der Waals surface area contributed by atoms with E-state index < -0.39 is 0 Å². The molecule has 0 amide bonds. The van der Waals surface area contributed by atoms with Gasteiger partial charge in [0.25, 0.3) is 0 Å². The van der Waals surface area contributed by atoms with E-state index in [1.807, 2.05) is 12.1 Å². The van der Waals surface area contributed by atoms with E-state index in [1.54, 1.807) is 0 Å². The Kier molecular flexibility index (Phi) is 4.11. The number of aryl methyl sites for hydroxylation is 1. The Labute approximate surface area is 127 Å². The van der Waals surface area contributed by atoms with Gasteiger partial charge in [-0.2, -0.15) is 0 Å². The van der Waals surface area contributed by atoms with Crippen molar-refractivity contribution in [2.45, 2.75) is 13.5 Å². The number of nitrogens with two attached hydrogens (primary N) is 1. The fraction of sp³-hybridized carbons (Fsp3) is 0.333. The molecule has 110 valence electrons. The highest BCUT2D eigenvalue weighted by Crippen LogP contribution is 2.24. The van der Waals surface area contributed by atoms with Gasteiger partial charge in [0.2, 0.25) is 0 Å². The van der Waals surface area contributed by atoms with Crippen molar-refractivity contribution in [3.05, 3.63) is 59.7 Å². The molecule has 2 aromatic carbocycles. The molecule has 0 aliphatic carbocycles. The van der Waals surface area contributed by atoms with Crippen LogP contribution in [0.1, 0.15) is 11.1 Å². The van der Waals surface area contributed by atoms with Gasteiger partial charge in [0.15, 0.2) is 0 Å². The average molecular weight is 281 g/mol. The second-order valence-electron chi connectivity index (χ2n) is 5.75. The van der Waals surface area contributed by atoms with Crippen LogP contribution in [0, 0.1) is 6.92 Å². The largest absolute Gasteiger partial charge is 0.397 e. The lowest BCUT2D eigenvalue weighted by Gasteiger charge is -2.36. The molecule has 1 aliphatic heterocycles. The van der Waals surface area contributed by atoms with E-state index in [2.05, 4.69) is 53.1 Å². The summed E-state index contributed by atoms with van der Waals surface area (Å²) >= 11 is 0. The Hall–Kier alpha value is -2.00. The van der Waals surface area contributed by atoms with Crippen molar-refractivity contribution in [2.24, 2.45) is 0 Å². The molecule has 2 N–H and O–H groups in total. The first-order valence-electron chi connectivity index (χ1n) is 7.60. The third-order valence-corrected chi connectivity index (χ3v) is 4.30. The number of piperazine rings is 1. The zero-order chi connectivity index (χ0) is 14.7. The van der Waals surface area contributed by atoms with Crippen molar-refractivity contribution < 1.29 is 0 Å². The molecule has 0 saturated carbocycles. The van der Waals surface area contributed by atoms with Gasteiger partial charge in [-0.25, -0.2) is 0 Å². The highest BCUT2D eigenvalue weighted by molar-refractivity contribution is 5.67. The summed E-state index contributed by atoms with van der Waals surface area (Å²) in [6.45, 7) is 7.49. The molecule has 0 aromatic heterocycles. The summed E-state index contributed by atoms with van der Waals surface area (Å²) in [5.74, 6) is 0. The highest BCUT2D eigenvalue weighted by Gasteiger charge is 2.18. The number of hydrogen-bond donors (Lipinski definition) is 1. The summed E-state index contributed by atoms with van der Waals surface area (Å²) in [7, 11) is 0. The monoisotopic (exact) mass is 281 g/mol. The van der Waals surface area contributed by atoms with Crippen molar-refractivity contribution in [3.8, 4) is 0 Å². The predicted molar refractivity (Wildman–Crippen MR) is 89.5 cm³/mol. The minimum absolute atomic E-state index is 0.879. The van der Waals surface area contributed by atoms with Gasteiger partial charge in [0, 0.05) is 32.7 Å². The van der Waals surface area contributed by atoms with Gasteiger partial charge in [0.1, 0.15) is 0 Å². The van der Waals surface area contributed by atoms with Crippen LogP contribution in [0.2, 0.25) is 0 Å². The maximum Gasteiger partial charge on any atom is 0.0600 e. The van der Waals surface area contributed by atoms with Gasteiger partial charge >= 0.3 is 0 Å². The fourth-order valence-corrected chi connectivity index (χ4v) is 2.95. The van der Waals surface area contributed by atoms with Gasteiger partial charge in [-0.3, -0.25) is 4.90 Å². The van der Waals surface area contributed by atoms with Gasteiger partial charge in [-0.1, -0.05) is 36.4 Å². The number of para-hydroxylation sites is 2. The van der Waals surface area contributed by atoms with Crippen molar-refractivity contribution in [2.75, 3.05) is 36.8 Å². The van der Waals surface area contributed by atoms with Crippen molar-refractivity contribution >= 4 is 11.4 Å². The van der Waals surface area contributed by atoms with Crippen LogP contribution in [0.15, 0.2) is 48.5 Å². The second kappa shape index (κ2) is 6.19. The van der Waals surface area contributed by atoms with E-state index in [9.17, 15) is 0 Å². The molecule has 1 fully saturated rings. The molecule has 3 nitrogen and oxygen atoms in total. The van der Waals surface area contributed by atoms with Crippen LogP contribution in [0.25, 0.3) is 0 Å². The Bertz CT molecular complexity index is 601. The zero-order valence-electron chi connectivity index (χ0n) is 12.6. The molecule has 2 aromatic rings. The zero-order valence-corrected chi connectivity index (χ0v) is 12.6. The van der Waals surface area contributed by atoms with Crippen LogP contribution in [0.5, 0.6) is 0 Å². The van der Waals surface area contributed by atoms with Crippen LogP contribution >= 0.6 is 0 Å².